The highest BCUT2D eigenvalue weighted by Crippen LogP contribution is 2.15. The lowest BCUT2D eigenvalue weighted by Gasteiger charge is -2.20. The standard InChI is InChI=1S/C17H34O2/c1-6-7-8-9-10-11-15(3)19-16(4)13-12-14(2)17(5)18/h14-16H,6-13H2,1-5H3. The van der Waals surface area contributed by atoms with Crippen LogP contribution in [0.15, 0.2) is 0 Å². The molecule has 0 radical (unpaired) electrons. The molecule has 0 fully saturated rings. The zero-order chi connectivity index (χ0) is 14.7. The summed E-state index contributed by atoms with van der Waals surface area (Å²) in [6.45, 7) is 10.2. The van der Waals surface area contributed by atoms with E-state index in [4.69, 9.17) is 4.74 Å². The van der Waals surface area contributed by atoms with Crippen LogP contribution >= 0.6 is 0 Å². The molecule has 0 saturated heterocycles. The van der Waals surface area contributed by atoms with Crippen LogP contribution in [0.5, 0.6) is 0 Å². The van der Waals surface area contributed by atoms with Crippen molar-refractivity contribution in [3.05, 3.63) is 0 Å². The Morgan fingerprint density at radius 2 is 1.47 bits per heavy atom. The van der Waals surface area contributed by atoms with Crippen molar-refractivity contribution in [1.29, 1.82) is 0 Å². The molecule has 0 aliphatic rings. The molecule has 2 heteroatoms. The van der Waals surface area contributed by atoms with Crippen LogP contribution in [-0.4, -0.2) is 18.0 Å². The minimum absolute atomic E-state index is 0.176. The van der Waals surface area contributed by atoms with Gasteiger partial charge in [0, 0.05) is 5.92 Å². The Balaban J connectivity index is 3.57. The lowest BCUT2D eigenvalue weighted by molar-refractivity contribution is -0.120. The number of Topliss-reactive ketones (excluding diaryl/α,β-unsaturated/α-hetero) is 1. The molecule has 0 rings (SSSR count). The van der Waals surface area contributed by atoms with Crippen molar-refractivity contribution in [3.63, 3.8) is 0 Å². The van der Waals surface area contributed by atoms with Crippen molar-refractivity contribution in [2.75, 3.05) is 0 Å². The third-order valence-electron chi connectivity index (χ3n) is 3.88. The van der Waals surface area contributed by atoms with Gasteiger partial charge < -0.3 is 4.74 Å². The van der Waals surface area contributed by atoms with E-state index in [-0.39, 0.29) is 17.8 Å². The van der Waals surface area contributed by atoms with Crippen molar-refractivity contribution < 1.29 is 9.53 Å². The third-order valence-corrected chi connectivity index (χ3v) is 3.88. The van der Waals surface area contributed by atoms with Gasteiger partial charge in [-0.05, 0) is 40.0 Å². The fourth-order valence-corrected chi connectivity index (χ4v) is 2.26. The summed E-state index contributed by atoms with van der Waals surface area (Å²) in [7, 11) is 0. The van der Waals surface area contributed by atoms with Gasteiger partial charge in [0.15, 0.2) is 0 Å². The summed E-state index contributed by atoms with van der Waals surface area (Å²) in [5, 5.41) is 0. The van der Waals surface area contributed by atoms with Crippen LogP contribution in [0.2, 0.25) is 0 Å². The third kappa shape index (κ3) is 11.2. The highest BCUT2D eigenvalue weighted by atomic mass is 16.5. The zero-order valence-electron chi connectivity index (χ0n) is 13.7. The van der Waals surface area contributed by atoms with Gasteiger partial charge >= 0.3 is 0 Å². The van der Waals surface area contributed by atoms with Crippen LogP contribution in [-0.2, 0) is 9.53 Å². The fraction of sp³-hybridized carbons (Fsp3) is 0.941. The van der Waals surface area contributed by atoms with E-state index in [2.05, 4.69) is 20.8 Å². The van der Waals surface area contributed by atoms with Gasteiger partial charge in [-0.3, -0.25) is 4.79 Å². The van der Waals surface area contributed by atoms with Crippen LogP contribution in [0.4, 0.5) is 0 Å². The second-order valence-electron chi connectivity index (χ2n) is 6.05. The predicted octanol–water partition coefficient (Wildman–Crippen LogP) is 5.15. The van der Waals surface area contributed by atoms with Crippen LogP contribution in [0.3, 0.4) is 0 Å². The van der Waals surface area contributed by atoms with Gasteiger partial charge in [0.05, 0.1) is 12.2 Å². The molecule has 0 spiro atoms. The molecule has 0 aromatic carbocycles. The van der Waals surface area contributed by atoms with Crippen LogP contribution in [0, 0.1) is 5.92 Å². The second-order valence-corrected chi connectivity index (χ2v) is 6.05. The molecule has 0 amide bonds. The number of unbranched alkanes of at least 4 members (excludes halogenated alkanes) is 4. The van der Waals surface area contributed by atoms with E-state index in [1.54, 1.807) is 6.92 Å². The first kappa shape index (κ1) is 18.6. The molecule has 0 N–H and O–H groups in total. The molecule has 0 aliphatic heterocycles. The van der Waals surface area contributed by atoms with Gasteiger partial charge in [0.2, 0.25) is 0 Å². The molecule has 0 heterocycles. The number of ether oxygens (including phenoxy) is 1. The van der Waals surface area contributed by atoms with E-state index < -0.39 is 0 Å². The molecule has 19 heavy (non-hydrogen) atoms. The molecule has 0 saturated carbocycles. The number of hydrogen-bond donors (Lipinski definition) is 0. The fourth-order valence-electron chi connectivity index (χ4n) is 2.26. The van der Waals surface area contributed by atoms with Gasteiger partial charge in [-0.15, -0.1) is 0 Å². The average molecular weight is 270 g/mol. The monoisotopic (exact) mass is 270 g/mol. The Morgan fingerprint density at radius 1 is 0.895 bits per heavy atom. The van der Waals surface area contributed by atoms with Gasteiger partial charge in [-0.25, -0.2) is 0 Å². The summed E-state index contributed by atoms with van der Waals surface area (Å²) in [4.78, 5) is 11.2. The summed E-state index contributed by atoms with van der Waals surface area (Å²) in [6, 6.07) is 0. The smallest absolute Gasteiger partial charge is 0.132 e. The van der Waals surface area contributed by atoms with E-state index in [1.807, 2.05) is 6.92 Å². The number of ketones is 1. The molecule has 0 aromatic rings. The Labute approximate surface area is 120 Å². The Morgan fingerprint density at radius 3 is 2.05 bits per heavy atom. The molecule has 0 aromatic heterocycles. The quantitative estimate of drug-likeness (QED) is 0.459. The first-order chi connectivity index (χ1) is 8.97. The van der Waals surface area contributed by atoms with Crippen molar-refractivity contribution in [2.45, 2.75) is 98.2 Å². The molecule has 0 bridgehead atoms. The highest BCUT2D eigenvalue weighted by Gasteiger charge is 2.12. The van der Waals surface area contributed by atoms with Crippen molar-refractivity contribution in [3.8, 4) is 0 Å². The lowest BCUT2D eigenvalue weighted by Crippen LogP contribution is -2.19. The number of carbonyl (C=O) groups excluding carboxylic acids is 1. The second kappa shape index (κ2) is 11.5. The summed E-state index contributed by atoms with van der Waals surface area (Å²) in [6.07, 6.45) is 10.3. The Bertz CT molecular complexity index is 225. The molecule has 114 valence electrons. The maximum atomic E-state index is 11.2. The first-order valence-electron chi connectivity index (χ1n) is 8.13. The summed E-state index contributed by atoms with van der Waals surface area (Å²) in [5.74, 6) is 0.464. The summed E-state index contributed by atoms with van der Waals surface area (Å²) >= 11 is 0. The minimum Gasteiger partial charge on any atom is -0.376 e. The average Bonchev–Trinajstić information content (AvgIpc) is 2.35. The highest BCUT2D eigenvalue weighted by molar-refractivity contribution is 5.77. The summed E-state index contributed by atoms with van der Waals surface area (Å²) < 4.78 is 5.98. The summed E-state index contributed by atoms with van der Waals surface area (Å²) in [5.41, 5.74) is 0. The van der Waals surface area contributed by atoms with E-state index in [0.29, 0.717) is 6.10 Å². The van der Waals surface area contributed by atoms with Crippen LogP contribution in [0.1, 0.15) is 86.0 Å². The van der Waals surface area contributed by atoms with Gasteiger partial charge in [0.25, 0.3) is 0 Å². The van der Waals surface area contributed by atoms with E-state index in [9.17, 15) is 4.79 Å². The molecule has 3 atom stereocenters. The lowest BCUT2D eigenvalue weighted by atomic mass is 10.00. The minimum atomic E-state index is 0.176. The van der Waals surface area contributed by atoms with Crippen molar-refractivity contribution in [2.24, 2.45) is 5.92 Å². The first-order valence-corrected chi connectivity index (χ1v) is 8.13. The maximum absolute atomic E-state index is 11.2. The normalized spacial score (nSPS) is 16.1. The van der Waals surface area contributed by atoms with Crippen LogP contribution in [0.25, 0.3) is 0 Å². The molecular weight excluding hydrogens is 236 g/mol. The van der Waals surface area contributed by atoms with Crippen molar-refractivity contribution in [1.82, 2.24) is 0 Å². The van der Waals surface area contributed by atoms with Gasteiger partial charge in [0.1, 0.15) is 5.78 Å². The maximum Gasteiger partial charge on any atom is 0.132 e. The van der Waals surface area contributed by atoms with Gasteiger partial charge in [-0.2, -0.15) is 0 Å². The zero-order valence-corrected chi connectivity index (χ0v) is 13.7. The molecule has 0 aliphatic carbocycles. The van der Waals surface area contributed by atoms with E-state index in [0.717, 1.165) is 19.3 Å². The Hall–Kier alpha value is -0.370. The van der Waals surface area contributed by atoms with E-state index in [1.165, 1.54) is 32.1 Å². The Kier molecular flexibility index (Phi) is 11.2. The number of carbonyl (C=O) groups is 1. The molecule has 2 nitrogen and oxygen atoms in total. The predicted molar refractivity (Wildman–Crippen MR) is 82.5 cm³/mol. The SMILES string of the molecule is CCCCCCCC(C)OC(C)CCC(C)C(C)=O. The number of hydrogen-bond acceptors (Lipinski definition) is 2. The van der Waals surface area contributed by atoms with E-state index >= 15 is 0 Å². The molecular formula is C17H34O2. The van der Waals surface area contributed by atoms with Gasteiger partial charge in [-0.1, -0.05) is 46.0 Å². The largest absolute Gasteiger partial charge is 0.376 e. The molecule has 3 unspecified atom stereocenters. The topological polar surface area (TPSA) is 26.3 Å². The van der Waals surface area contributed by atoms with Crippen LogP contribution < -0.4 is 0 Å². The number of rotatable bonds is 12. The van der Waals surface area contributed by atoms with Crippen molar-refractivity contribution >= 4 is 5.78 Å².